The third kappa shape index (κ3) is 4.67. The topological polar surface area (TPSA) is 72.8 Å². The Kier molecular flexibility index (Phi) is 6.12. The highest BCUT2D eigenvalue weighted by Crippen LogP contribution is 2.36. The molecule has 3 rings (SSSR count). The molecule has 142 valence electrons. The van der Waals surface area contributed by atoms with E-state index in [1.54, 1.807) is 49.6 Å². The number of carboxylic acids is 1. The van der Waals surface area contributed by atoms with Gasteiger partial charge in [0.2, 0.25) is 0 Å². The van der Waals surface area contributed by atoms with E-state index in [1.807, 2.05) is 6.07 Å². The van der Waals surface area contributed by atoms with Gasteiger partial charge >= 0.3 is 5.97 Å². The fourth-order valence-corrected chi connectivity index (χ4v) is 3.53. The summed E-state index contributed by atoms with van der Waals surface area (Å²) in [5.41, 5.74) is 1.12. The van der Waals surface area contributed by atoms with Gasteiger partial charge in [0.25, 0.3) is 0 Å². The summed E-state index contributed by atoms with van der Waals surface area (Å²) >= 11 is 0. The predicted molar refractivity (Wildman–Crippen MR) is 102 cm³/mol. The minimum Gasteiger partial charge on any atom is -0.493 e. The molecule has 2 aromatic carbocycles. The van der Waals surface area contributed by atoms with Crippen molar-refractivity contribution in [2.24, 2.45) is 0 Å². The van der Waals surface area contributed by atoms with Gasteiger partial charge in [0, 0.05) is 5.56 Å². The minimum absolute atomic E-state index is 0.136. The first kappa shape index (κ1) is 19.0. The maximum Gasteiger partial charge on any atom is 0.304 e. The van der Waals surface area contributed by atoms with Crippen LogP contribution in [0.25, 0.3) is 0 Å². The molecule has 1 saturated carbocycles. The van der Waals surface area contributed by atoms with E-state index >= 15 is 0 Å². The first-order valence-electron chi connectivity index (χ1n) is 9.24. The average Bonchev–Trinajstić information content (AvgIpc) is 3.19. The zero-order valence-corrected chi connectivity index (χ0v) is 15.4. The Morgan fingerprint density at radius 2 is 1.78 bits per heavy atom. The van der Waals surface area contributed by atoms with Crippen LogP contribution >= 0.6 is 0 Å². The zero-order valence-electron chi connectivity index (χ0n) is 15.4. The number of carbonyl (C=O) groups excluding carboxylic acids is 1. The number of rotatable bonds is 8. The van der Waals surface area contributed by atoms with Crippen molar-refractivity contribution in [2.75, 3.05) is 7.11 Å². The van der Waals surface area contributed by atoms with Gasteiger partial charge in [-0.15, -0.1) is 0 Å². The van der Waals surface area contributed by atoms with Crippen molar-refractivity contribution in [3.63, 3.8) is 0 Å². The summed E-state index contributed by atoms with van der Waals surface area (Å²) in [6.07, 6.45) is 4.13. The van der Waals surface area contributed by atoms with Crippen LogP contribution in [0, 0.1) is 0 Å². The van der Waals surface area contributed by atoms with Crippen LogP contribution in [-0.4, -0.2) is 30.1 Å². The lowest BCUT2D eigenvalue weighted by Crippen LogP contribution is -2.18. The van der Waals surface area contributed by atoms with Crippen molar-refractivity contribution in [1.29, 1.82) is 0 Å². The van der Waals surface area contributed by atoms with Crippen LogP contribution in [-0.2, 0) is 4.79 Å². The fraction of sp³-hybridized carbons (Fsp3) is 0.364. The highest BCUT2D eigenvalue weighted by Gasteiger charge is 2.27. The number of ether oxygens (including phenoxy) is 2. The molecule has 1 aliphatic carbocycles. The molecule has 0 saturated heterocycles. The smallest absolute Gasteiger partial charge is 0.304 e. The molecule has 27 heavy (non-hydrogen) atoms. The van der Waals surface area contributed by atoms with E-state index in [1.165, 1.54) is 0 Å². The molecular weight excluding hydrogens is 344 g/mol. The second-order valence-corrected chi connectivity index (χ2v) is 6.82. The Balaban J connectivity index is 1.93. The molecule has 0 spiro atoms. The van der Waals surface area contributed by atoms with E-state index in [9.17, 15) is 14.7 Å². The average molecular weight is 368 g/mol. The van der Waals surface area contributed by atoms with Crippen LogP contribution in [0.15, 0.2) is 48.5 Å². The Hall–Kier alpha value is -2.82. The van der Waals surface area contributed by atoms with Crippen molar-refractivity contribution >= 4 is 11.8 Å². The second kappa shape index (κ2) is 8.71. The number of methoxy groups -OCH3 is 1. The summed E-state index contributed by atoms with van der Waals surface area (Å²) in [5.74, 6) is -0.847. The number of hydrogen-bond donors (Lipinski definition) is 1. The van der Waals surface area contributed by atoms with Crippen LogP contribution < -0.4 is 9.47 Å². The molecule has 2 aromatic rings. The van der Waals surface area contributed by atoms with E-state index in [4.69, 9.17) is 9.47 Å². The molecule has 1 atom stereocenters. The second-order valence-electron chi connectivity index (χ2n) is 6.82. The van der Waals surface area contributed by atoms with E-state index < -0.39 is 11.9 Å². The molecule has 0 amide bonds. The first-order valence-corrected chi connectivity index (χ1v) is 9.24. The molecule has 0 bridgehead atoms. The molecule has 0 aromatic heterocycles. The summed E-state index contributed by atoms with van der Waals surface area (Å²) < 4.78 is 11.5. The zero-order chi connectivity index (χ0) is 19.2. The van der Waals surface area contributed by atoms with Crippen LogP contribution in [0.1, 0.15) is 53.9 Å². The van der Waals surface area contributed by atoms with Gasteiger partial charge in [-0.25, -0.2) is 0 Å². The Labute approximate surface area is 158 Å². The number of carbonyl (C=O) groups is 2. The SMILES string of the molecule is COc1ccc(C(CC(=O)O)C(=O)c2ccccc2)cc1OC1CCCC1. The maximum absolute atomic E-state index is 13.0. The van der Waals surface area contributed by atoms with Crippen molar-refractivity contribution in [3.8, 4) is 11.5 Å². The number of aliphatic carboxylic acids is 1. The molecule has 1 N–H and O–H groups in total. The van der Waals surface area contributed by atoms with E-state index in [-0.39, 0.29) is 18.3 Å². The lowest BCUT2D eigenvalue weighted by atomic mass is 9.88. The lowest BCUT2D eigenvalue weighted by molar-refractivity contribution is -0.137. The Morgan fingerprint density at radius 3 is 2.41 bits per heavy atom. The number of ketones is 1. The summed E-state index contributed by atoms with van der Waals surface area (Å²) in [6.45, 7) is 0. The molecule has 5 heteroatoms. The van der Waals surface area contributed by atoms with Gasteiger partial charge in [0.15, 0.2) is 17.3 Å². The van der Waals surface area contributed by atoms with Gasteiger partial charge < -0.3 is 14.6 Å². The number of carboxylic acid groups (broad SMARTS) is 1. The summed E-state index contributed by atoms with van der Waals surface area (Å²) in [4.78, 5) is 24.4. The summed E-state index contributed by atoms with van der Waals surface area (Å²) in [5, 5.41) is 9.33. The van der Waals surface area contributed by atoms with Crippen LogP contribution in [0.5, 0.6) is 11.5 Å². The van der Waals surface area contributed by atoms with E-state index in [2.05, 4.69) is 0 Å². The fourth-order valence-electron chi connectivity index (χ4n) is 3.53. The molecule has 0 radical (unpaired) electrons. The van der Waals surface area contributed by atoms with E-state index in [0.29, 0.717) is 22.6 Å². The predicted octanol–water partition coefficient (Wildman–Crippen LogP) is 4.46. The Morgan fingerprint density at radius 1 is 1.07 bits per heavy atom. The van der Waals surface area contributed by atoms with Crippen molar-refractivity contribution in [1.82, 2.24) is 0 Å². The number of benzene rings is 2. The maximum atomic E-state index is 13.0. The van der Waals surface area contributed by atoms with Crippen LogP contribution in [0.3, 0.4) is 0 Å². The largest absolute Gasteiger partial charge is 0.493 e. The molecule has 1 unspecified atom stereocenters. The third-order valence-electron chi connectivity index (χ3n) is 4.94. The van der Waals surface area contributed by atoms with Gasteiger partial charge in [-0.3, -0.25) is 9.59 Å². The highest BCUT2D eigenvalue weighted by atomic mass is 16.5. The van der Waals surface area contributed by atoms with Crippen molar-refractivity contribution < 1.29 is 24.2 Å². The van der Waals surface area contributed by atoms with Crippen molar-refractivity contribution in [2.45, 2.75) is 44.1 Å². The molecule has 5 nitrogen and oxygen atoms in total. The highest BCUT2D eigenvalue weighted by molar-refractivity contribution is 6.02. The van der Waals surface area contributed by atoms with Gasteiger partial charge in [0.05, 0.1) is 25.6 Å². The van der Waals surface area contributed by atoms with Crippen LogP contribution in [0.4, 0.5) is 0 Å². The van der Waals surface area contributed by atoms with Crippen molar-refractivity contribution in [3.05, 3.63) is 59.7 Å². The van der Waals surface area contributed by atoms with E-state index in [0.717, 1.165) is 25.7 Å². The van der Waals surface area contributed by atoms with Gasteiger partial charge in [-0.05, 0) is 43.4 Å². The first-order chi connectivity index (χ1) is 13.1. The minimum atomic E-state index is -1.02. The molecular formula is C22H24O5. The summed E-state index contributed by atoms with van der Waals surface area (Å²) in [7, 11) is 1.57. The summed E-state index contributed by atoms with van der Waals surface area (Å²) in [6, 6.07) is 14.0. The normalized spacial score (nSPS) is 15.3. The number of hydrogen-bond acceptors (Lipinski definition) is 4. The number of Topliss-reactive ketones (excluding diaryl/α,β-unsaturated/α-hetero) is 1. The van der Waals surface area contributed by atoms with Gasteiger partial charge in [0.1, 0.15) is 0 Å². The lowest BCUT2D eigenvalue weighted by Gasteiger charge is -2.20. The monoisotopic (exact) mass is 368 g/mol. The Bertz CT molecular complexity index is 794. The molecule has 1 fully saturated rings. The molecule has 1 aliphatic rings. The molecule has 0 aliphatic heterocycles. The molecule has 0 heterocycles. The third-order valence-corrected chi connectivity index (χ3v) is 4.94. The van der Waals surface area contributed by atoms with Crippen LogP contribution in [0.2, 0.25) is 0 Å². The van der Waals surface area contributed by atoms with Gasteiger partial charge in [-0.2, -0.15) is 0 Å². The quantitative estimate of drug-likeness (QED) is 0.697. The van der Waals surface area contributed by atoms with Gasteiger partial charge in [-0.1, -0.05) is 36.4 Å². The standard InChI is InChI=1S/C22H24O5/c1-26-19-12-11-16(13-20(19)27-17-9-5-6-10-17)18(14-21(23)24)22(25)15-7-3-2-4-8-15/h2-4,7-8,11-13,17-18H,5-6,9-10,14H2,1H3,(H,23,24).